The minimum absolute atomic E-state index is 0.283. The lowest BCUT2D eigenvalue weighted by Gasteiger charge is -2.27. The van der Waals surface area contributed by atoms with Crippen LogP contribution in [0.4, 0.5) is 11.8 Å². The highest BCUT2D eigenvalue weighted by atomic mass is 35.5. The first kappa shape index (κ1) is 16.2. The van der Waals surface area contributed by atoms with E-state index >= 15 is 0 Å². The van der Waals surface area contributed by atoms with Crippen molar-refractivity contribution in [3.63, 3.8) is 0 Å². The molecule has 8 nitrogen and oxygen atoms in total. The van der Waals surface area contributed by atoms with Gasteiger partial charge in [0.25, 0.3) is 5.91 Å². The van der Waals surface area contributed by atoms with Gasteiger partial charge in [-0.25, -0.2) is 4.98 Å². The number of carbonyl (C=O) groups excluding carboxylic acids is 1. The van der Waals surface area contributed by atoms with Gasteiger partial charge in [0.05, 0.1) is 5.57 Å². The van der Waals surface area contributed by atoms with Crippen LogP contribution >= 0.6 is 11.6 Å². The summed E-state index contributed by atoms with van der Waals surface area (Å²) >= 11 is 6.01. The van der Waals surface area contributed by atoms with Crippen molar-refractivity contribution < 1.29 is 4.79 Å². The summed E-state index contributed by atoms with van der Waals surface area (Å²) in [7, 11) is 0. The lowest BCUT2D eigenvalue weighted by atomic mass is 9.95. The number of rotatable bonds is 3. The highest BCUT2D eigenvalue weighted by Gasteiger charge is 2.34. The van der Waals surface area contributed by atoms with Crippen molar-refractivity contribution in [3.05, 3.63) is 70.5 Å². The van der Waals surface area contributed by atoms with Gasteiger partial charge in [0.1, 0.15) is 11.9 Å². The molecule has 0 fully saturated rings. The average molecular weight is 368 g/mol. The fourth-order valence-corrected chi connectivity index (χ4v) is 3.01. The third-order valence-corrected chi connectivity index (χ3v) is 4.30. The van der Waals surface area contributed by atoms with Crippen LogP contribution in [0.1, 0.15) is 18.5 Å². The summed E-state index contributed by atoms with van der Waals surface area (Å²) in [5.74, 6) is 0.654. The van der Waals surface area contributed by atoms with Crippen LogP contribution in [0.2, 0.25) is 5.02 Å². The van der Waals surface area contributed by atoms with Crippen LogP contribution in [0.15, 0.2) is 59.9 Å². The Labute approximate surface area is 153 Å². The highest BCUT2D eigenvalue weighted by Crippen LogP contribution is 2.35. The second kappa shape index (κ2) is 6.57. The van der Waals surface area contributed by atoms with Gasteiger partial charge in [0.15, 0.2) is 0 Å². The van der Waals surface area contributed by atoms with E-state index in [0.29, 0.717) is 28.1 Å². The van der Waals surface area contributed by atoms with Crippen LogP contribution < -0.4 is 10.6 Å². The molecule has 2 N–H and O–H groups in total. The number of nitrogens with zero attached hydrogens (tertiary/aromatic N) is 5. The Morgan fingerprint density at radius 1 is 1.23 bits per heavy atom. The summed E-state index contributed by atoms with van der Waals surface area (Å²) in [5, 5.41) is 18.2. The van der Waals surface area contributed by atoms with Crippen molar-refractivity contribution in [2.75, 3.05) is 10.6 Å². The second-order valence-corrected chi connectivity index (χ2v) is 6.17. The first-order chi connectivity index (χ1) is 12.6. The van der Waals surface area contributed by atoms with Crippen LogP contribution in [-0.2, 0) is 4.79 Å². The minimum atomic E-state index is -0.484. The molecule has 1 atom stereocenters. The quantitative estimate of drug-likeness (QED) is 0.738. The van der Waals surface area contributed by atoms with Gasteiger partial charge >= 0.3 is 0 Å². The van der Waals surface area contributed by atoms with Crippen LogP contribution in [0.25, 0.3) is 0 Å². The van der Waals surface area contributed by atoms with Gasteiger partial charge in [-0.3, -0.25) is 4.79 Å². The standard InChI is InChI=1S/C17H14ClN7O/c1-10-14(16(26)21-13-4-2-3-9-19-13)15(11-5-7-12(18)8-6-11)25-17(20-10)22-23-24-25/h2-9,15H,1H3,(H,19,21,26)(H,20,22,24). The number of allylic oxidation sites excluding steroid dienone is 1. The zero-order valence-electron chi connectivity index (χ0n) is 13.7. The lowest BCUT2D eigenvalue weighted by Crippen LogP contribution is -2.31. The number of aromatic nitrogens is 5. The number of hydrogen-bond acceptors (Lipinski definition) is 6. The average Bonchev–Trinajstić information content (AvgIpc) is 3.10. The molecule has 1 amide bonds. The molecule has 0 radical (unpaired) electrons. The lowest BCUT2D eigenvalue weighted by molar-refractivity contribution is -0.113. The molecular weight excluding hydrogens is 354 g/mol. The Morgan fingerprint density at radius 3 is 2.77 bits per heavy atom. The zero-order chi connectivity index (χ0) is 18.1. The van der Waals surface area contributed by atoms with Crippen LogP contribution in [0.5, 0.6) is 0 Å². The van der Waals surface area contributed by atoms with Crippen molar-refractivity contribution in [2.45, 2.75) is 13.0 Å². The summed E-state index contributed by atoms with van der Waals surface area (Å²) in [6.45, 7) is 1.81. The molecule has 4 rings (SSSR count). The predicted molar refractivity (Wildman–Crippen MR) is 96.6 cm³/mol. The van der Waals surface area contributed by atoms with Crippen molar-refractivity contribution in [1.82, 2.24) is 25.2 Å². The highest BCUT2D eigenvalue weighted by molar-refractivity contribution is 6.30. The largest absolute Gasteiger partial charge is 0.326 e. The fourth-order valence-electron chi connectivity index (χ4n) is 2.88. The van der Waals surface area contributed by atoms with Gasteiger partial charge in [-0.2, -0.15) is 4.68 Å². The molecule has 9 heteroatoms. The number of halogens is 1. The maximum atomic E-state index is 13.0. The van der Waals surface area contributed by atoms with E-state index in [9.17, 15) is 4.79 Å². The molecule has 1 aromatic carbocycles. The van der Waals surface area contributed by atoms with E-state index in [1.165, 1.54) is 0 Å². The van der Waals surface area contributed by atoms with E-state index < -0.39 is 6.04 Å². The minimum Gasteiger partial charge on any atom is -0.326 e. The van der Waals surface area contributed by atoms with Gasteiger partial charge in [0.2, 0.25) is 5.95 Å². The molecule has 1 aliphatic rings. The maximum absolute atomic E-state index is 13.0. The van der Waals surface area contributed by atoms with E-state index in [1.54, 1.807) is 41.2 Å². The summed E-state index contributed by atoms with van der Waals surface area (Å²) in [6.07, 6.45) is 1.62. The Balaban J connectivity index is 1.77. The summed E-state index contributed by atoms with van der Waals surface area (Å²) in [6, 6.07) is 12.1. The molecule has 26 heavy (non-hydrogen) atoms. The molecule has 3 aromatic rings. The summed E-state index contributed by atoms with van der Waals surface area (Å²) in [4.78, 5) is 17.1. The zero-order valence-corrected chi connectivity index (χ0v) is 14.5. The van der Waals surface area contributed by atoms with Crippen molar-refractivity contribution in [2.24, 2.45) is 0 Å². The van der Waals surface area contributed by atoms with Gasteiger partial charge < -0.3 is 10.6 Å². The van der Waals surface area contributed by atoms with Gasteiger partial charge in [-0.05, 0) is 47.2 Å². The normalized spacial score (nSPS) is 16.0. The van der Waals surface area contributed by atoms with Crippen LogP contribution in [-0.4, -0.2) is 31.1 Å². The Kier molecular flexibility index (Phi) is 4.10. The number of nitrogens with one attached hydrogen (secondary N) is 2. The second-order valence-electron chi connectivity index (χ2n) is 5.73. The fraction of sp³-hybridized carbons (Fsp3) is 0.118. The molecule has 2 aromatic heterocycles. The third kappa shape index (κ3) is 2.91. The maximum Gasteiger partial charge on any atom is 0.257 e. The third-order valence-electron chi connectivity index (χ3n) is 4.05. The van der Waals surface area contributed by atoms with E-state index in [2.05, 4.69) is 31.1 Å². The molecule has 0 aliphatic carbocycles. The molecule has 0 saturated heterocycles. The van der Waals surface area contributed by atoms with Gasteiger partial charge in [-0.1, -0.05) is 34.9 Å². The number of hydrogen-bond donors (Lipinski definition) is 2. The number of anilines is 2. The number of amides is 1. The predicted octanol–water partition coefficient (Wildman–Crippen LogP) is 2.65. The molecule has 1 unspecified atom stereocenters. The molecule has 0 bridgehead atoms. The molecular formula is C17H14ClN7O. The monoisotopic (exact) mass is 367 g/mol. The van der Waals surface area contributed by atoms with Crippen molar-refractivity contribution >= 4 is 29.3 Å². The van der Waals surface area contributed by atoms with Crippen LogP contribution in [0, 0.1) is 0 Å². The van der Waals surface area contributed by atoms with Gasteiger partial charge in [0, 0.05) is 16.9 Å². The number of benzene rings is 1. The Bertz CT molecular complexity index is 982. The first-order valence-corrected chi connectivity index (χ1v) is 8.25. The SMILES string of the molecule is CC1=C(C(=O)Nc2ccccn2)C(c2ccc(Cl)cc2)n2nnnc2N1. The van der Waals surface area contributed by atoms with E-state index in [1.807, 2.05) is 19.1 Å². The topological polar surface area (TPSA) is 97.6 Å². The smallest absolute Gasteiger partial charge is 0.257 e. The Hall–Kier alpha value is -3.26. The molecule has 0 spiro atoms. The number of carbonyl (C=O) groups is 1. The number of tetrazole rings is 1. The van der Waals surface area contributed by atoms with Gasteiger partial charge in [-0.15, -0.1) is 0 Å². The van der Waals surface area contributed by atoms with Crippen molar-refractivity contribution in [1.29, 1.82) is 0 Å². The molecule has 3 heterocycles. The van der Waals surface area contributed by atoms with E-state index in [4.69, 9.17) is 11.6 Å². The summed E-state index contributed by atoms with van der Waals surface area (Å²) in [5.41, 5.74) is 2.01. The van der Waals surface area contributed by atoms with Crippen LogP contribution in [0.3, 0.4) is 0 Å². The number of pyridine rings is 1. The number of fused-ring (bicyclic) bond motifs is 1. The molecule has 130 valence electrons. The summed E-state index contributed by atoms with van der Waals surface area (Å²) < 4.78 is 1.57. The molecule has 0 saturated carbocycles. The van der Waals surface area contributed by atoms with Crippen molar-refractivity contribution in [3.8, 4) is 0 Å². The first-order valence-electron chi connectivity index (χ1n) is 7.87. The Morgan fingerprint density at radius 2 is 2.04 bits per heavy atom. The van der Waals surface area contributed by atoms with E-state index in [0.717, 1.165) is 5.56 Å². The van der Waals surface area contributed by atoms with E-state index in [-0.39, 0.29) is 5.91 Å². The molecule has 1 aliphatic heterocycles.